The number of benzene rings is 1. The van der Waals surface area contributed by atoms with Crippen LogP contribution in [0.25, 0.3) is 0 Å². The Hall–Kier alpha value is -1.06. The molecule has 2 aliphatic carbocycles. The van der Waals surface area contributed by atoms with E-state index in [2.05, 4.69) is 30.9 Å². The number of hydrogen-bond acceptors (Lipinski definition) is 3. The normalized spacial score (nSPS) is 31.8. The van der Waals surface area contributed by atoms with E-state index in [4.69, 9.17) is 4.74 Å². The first kappa shape index (κ1) is 17.4. The predicted octanol–water partition coefficient (Wildman–Crippen LogP) is 3.95. The standard InChI is InChI=1S/C22H33NO2/c1-3-22(24)10-6-9-18-13-23(15-20(18)22)14-19-11-16-7-5-8-17(16)12-21(19)25-4-2/h11-12,18,20,24H,3-10,13-15H2,1-2H3/t18-,20+,22-/m0/s1. The van der Waals surface area contributed by atoms with Gasteiger partial charge in [0.25, 0.3) is 0 Å². The van der Waals surface area contributed by atoms with Crippen molar-refractivity contribution in [3.8, 4) is 5.75 Å². The van der Waals surface area contributed by atoms with Crippen LogP contribution in [0.4, 0.5) is 0 Å². The van der Waals surface area contributed by atoms with Crippen molar-refractivity contribution < 1.29 is 9.84 Å². The topological polar surface area (TPSA) is 32.7 Å². The van der Waals surface area contributed by atoms with Crippen molar-refractivity contribution in [2.75, 3.05) is 19.7 Å². The van der Waals surface area contributed by atoms with Crippen LogP contribution in [0.15, 0.2) is 12.1 Å². The Balaban J connectivity index is 1.53. The summed E-state index contributed by atoms with van der Waals surface area (Å²) in [4.78, 5) is 2.57. The number of fused-ring (bicyclic) bond motifs is 2. The fraction of sp³-hybridized carbons (Fsp3) is 0.727. The summed E-state index contributed by atoms with van der Waals surface area (Å²) in [5.74, 6) is 2.21. The molecule has 138 valence electrons. The van der Waals surface area contributed by atoms with Crippen LogP contribution in [0.5, 0.6) is 5.75 Å². The van der Waals surface area contributed by atoms with Crippen LogP contribution in [0.3, 0.4) is 0 Å². The smallest absolute Gasteiger partial charge is 0.124 e. The molecular weight excluding hydrogens is 310 g/mol. The van der Waals surface area contributed by atoms with Gasteiger partial charge in [-0.2, -0.15) is 0 Å². The maximum atomic E-state index is 11.0. The van der Waals surface area contributed by atoms with Crippen molar-refractivity contribution in [2.24, 2.45) is 11.8 Å². The molecule has 3 atom stereocenters. The lowest BCUT2D eigenvalue weighted by Gasteiger charge is -2.40. The van der Waals surface area contributed by atoms with E-state index in [1.165, 1.54) is 48.8 Å². The van der Waals surface area contributed by atoms with Crippen LogP contribution in [0.2, 0.25) is 0 Å². The second-order valence-electron chi connectivity index (χ2n) is 8.43. The number of ether oxygens (including phenoxy) is 1. The van der Waals surface area contributed by atoms with Gasteiger partial charge >= 0.3 is 0 Å². The van der Waals surface area contributed by atoms with Gasteiger partial charge in [0.05, 0.1) is 12.2 Å². The molecule has 0 radical (unpaired) electrons. The monoisotopic (exact) mass is 343 g/mol. The minimum Gasteiger partial charge on any atom is -0.494 e. The lowest BCUT2D eigenvalue weighted by molar-refractivity contribution is -0.0613. The van der Waals surface area contributed by atoms with Gasteiger partial charge in [0.15, 0.2) is 0 Å². The molecule has 0 amide bonds. The van der Waals surface area contributed by atoms with Crippen molar-refractivity contribution in [3.63, 3.8) is 0 Å². The minimum absolute atomic E-state index is 0.432. The molecule has 0 unspecified atom stereocenters. The largest absolute Gasteiger partial charge is 0.494 e. The second-order valence-corrected chi connectivity index (χ2v) is 8.43. The molecule has 1 aliphatic heterocycles. The van der Waals surface area contributed by atoms with Crippen molar-refractivity contribution in [3.05, 3.63) is 28.8 Å². The van der Waals surface area contributed by atoms with Crippen LogP contribution >= 0.6 is 0 Å². The van der Waals surface area contributed by atoms with Gasteiger partial charge in [-0.1, -0.05) is 19.4 Å². The molecule has 0 aromatic heterocycles. The molecule has 1 aromatic carbocycles. The first-order valence-electron chi connectivity index (χ1n) is 10.3. The highest BCUT2D eigenvalue weighted by molar-refractivity contribution is 5.45. The number of aliphatic hydroxyl groups is 1. The van der Waals surface area contributed by atoms with E-state index < -0.39 is 5.60 Å². The fourth-order valence-electron chi connectivity index (χ4n) is 5.59. The summed E-state index contributed by atoms with van der Waals surface area (Å²) in [6.07, 6.45) is 8.05. The van der Waals surface area contributed by atoms with Crippen molar-refractivity contribution in [2.45, 2.75) is 70.9 Å². The van der Waals surface area contributed by atoms with Crippen molar-refractivity contribution in [1.82, 2.24) is 4.90 Å². The first-order chi connectivity index (χ1) is 12.1. The third-order valence-corrected chi connectivity index (χ3v) is 6.97. The van der Waals surface area contributed by atoms with Crippen LogP contribution in [0, 0.1) is 11.8 Å². The van der Waals surface area contributed by atoms with Crippen LogP contribution < -0.4 is 4.74 Å². The molecule has 3 aliphatic rings. The summed E-state index contributed by atoms with van der Waals surface area (Å²) in [5.41, 5.74) is 3.93. The summed E-state index contributed by atoms with van der Waals surface area (Å²) < 4.78 is 5.98. The molecule has 1 N–H and O–H groups in total. The van der Waals surface area contributed by atoms with Crippen LogP contribution in [-0.4, -0.2) is 35.3 Å². The average molecular weight is 344 g/mol. The number of nitrogens with zero attached hydrogens (tertiary/aromatic N) is 1. The van der Waals surface area contributed by atoms with Crippen molar-refractivity contribution >= 4 is 0 Å². The molecule has 1 heterocycles. The van der Waals surface area contributed by atoms with Crippen LogP contribution in [-0.2, 0) is 19.4 Å². The summed E-state index contributed by atoms with van der Waals surface area (Å²) in [5, 5.41) is 11.0. The van der Waals surface area contributed by atoms with Gasteiger partial charge in [-0.15, -0.1) is 0 Å². The van der Waals surface area contributed by atoms with Gasteiger partial charge in [0.1, 0.15) is 5.75 Å². The highest BCUT2D eigenvalue weighted by Crippen LogP contribution is 2.45. The van der Waals surface area contributed by atoms with Gasteiger partial charge in [0.2, 0.25) is 0 Å². The molecule has 3 heteroatoms. The third-order valence-electron chi connectivity index (χ3n) is 6.97. The van der Waals surface area contributed by atoms with E-state index in [1.54, 1.807) is 0 Å². The summed E-state index contributed by atoms with van der Waals surface area (Å²) >= 11 is 0. The molecule has 0 bridgehead atoms. The minimum atomic E-state index is -0.432. The molecule has 25 heavy (non-hydrogen) atoms. The first-order valence-corrected chi connectivity index (χ1v) is 10.3. The molecular formula is C22H33NO2. The average Bonchev–Trinajstić information content (AvgIpc) is 3.22. The number of likely N-dealkylation sites (tertiary alicyclic amines) is 1. The van der Waals surface area contributed by atoms with Gasteiger partial charge in [0, 0.05) is 31.1 Å². The zero-order chi connectivity index (χ0) is 17.4. The molecule has 1 aromatic rings. The fourth-order valence-corrected chi connectivity index (χ4v) is 5.59. The van der Waals surface area contributed by atoms with E-state index in [1.807, 2.05) is 0 Å². The number of rotatable bonds is 5. The zero-order valence-corrected chi connectivity index (χ0v) is 15.9. The molecule has 0 spiro atoms. The van der Waals surface area contributed by atoms with Crippen LogP contribution in [0.1, 0.15) is 62.6 Å². The lowest BCUT2D eigenvalue weighted by atomic mass is 9.69. The summed E-state index contributed by atoms with van der Waals surface area (Å²) in [6.45, 7) is 8.09. The van der Waals surface area contributed by atoms with E-state index in [-0.39, 0.29) is 0 Å². The molecule has 1 saturated carbocycles. The van der Waals surface area contributed by atoms with Gasteiger partial charge in [-0.25, -0.2) is 0 Å². The van der Waals surface area contributed by atoms with Gasteiger partial charge in [-0.05, 0) is 68.6 Å². The summed E-state index contributed by atoms with van der Waals surface area (Å²) in [6, 6.07) is 4.70. The van der Waals surface area contributed by atoms with Gasteiger partial charge in [-0.3, -0.25) is 4.90 Å². The van der Waals surface area contributed by atoms with E-state index in [0.29, 0.717) is 11.8 Å². The molecule has 1 saturated heterocycles. The Kier molecular flexibility index (Phi) is 4.81. The van der Waals surface area contributed by atoms with E-state index >= 15 is 0 Å². The van der Waals surface area contributed by atoms with Gasteiger partial charge < -0.3 is 9.84 Å². The highest BCUT2D eigenvalue weighted by Gasteiger charge is 2.47. The highest BCUT2D eigenvalue weighted by atomic mass is 16.5. The molecule has 3 nitrogen and oxygen atoms in total. The zero-order valence-electron chi connectivity index (χ0n) is 15.9. The maximum Gasteiger partial charge on any atom is 0.124 e. The third kappa shape index (κ3) is 3.21. The second kappa shape index (κ2) is 6.92. The Morgan fingerprint density at radius 2 is 1.96 bits per heavy atom. The predicted molar refractivity (Wildman–Crippen MR) is 101 cm³/mol. The Labute approximate surface area is 152 Å². The SMILES string of the molecule is CCOc1cc2c(cc1CN1C[C@@H]3CCC[C@@](O)(CC)[C@@H]3C1)CCC2. The number of aryl methyl sites for hydroxylation is 2. The molecule has 4 rings (SSSR count). The lowest BCUT2D eigenvalue weighted by Crippen LogP contribution is -2.44. The van der Waals surface area contributed by atoms with E-state index in [0.717, 1.165) is 44.8 Å². The summed E-state index contributed by atoms with van der Waals surface area (Å²) in [7, 11) is 0. The van der Waals surface area contributed by atoms with Crippen molar-refractivity contribution in [1.29, 1.82) is 0 Å². The Bertz CT molecular complexity index is 629. The number of hydrogen-bond donors (Lipinski definition) is 1. The Morgan fingerprint density at radius 1 is 1.16 bits per heavy atom. The Morgan fingerprint density at radius 3 is 2.72 bits per heavy atom. The molecule has 2 fully saturated rings. The van der Waals surface area contributed by atoms with E-state index in [9.17, 15) is 5.11 Å². The quantitative estimate of drug-likeness (QED) is 0.879. The maximum absolute atomic E-state index is 11.0.